The number of hydrogen-bond donors (Lipinski definition) is 0. The first-order valence-corrected chi connectivity index (χ1v) is 20.1. The summed E-state index contributed by atoms with van der Waals surface area (Å²) in [5, 5.41) is -2.72. The quantitative estimate of drug-likeness (QED) is 0.233. The van der Waals surface area contributed by atoms with Crippen LogP contribution in [-0.2, 0) is 12.8 Å². The molecule has 0 nitrogen and oxygen atoms in total. The van der Waals surface area contributed by atoms with E-state index in [1.54, 1.807) is 22.7 Å². The number of halogens is 6. The van der Waals surface area contributed by atoms with Crippen LogP contribution in [0.2, 0.25) is 0 Å². The Balaban J connectivity index is 0.000000597. The molecule has 0 radical (unpaired) electrons. The molecule has 148 valence electrons. The number of unbranched alkanes of at least 4 members (excludes halogenated alkanes) is 2. The largest absolute Gasteiger partial charge is 0.440 e. The monoisotopic (exact) mass is 544 g/mol. The van der Waals surface area contributed by atoms with Crippen molar-refractivity contribution < 1.29 is 0 Å². The van der Waals surface area contributed by atoms with E-state index in [4.69, 9.17) is 66.5 Å². The second-order valence-electron chi connectivity index (χ2n) is 5.74. The van der Waals surface area contributed by atoms with Gasteiger partial charge < -0.3 is 0 Å². The topological polar surface area (TPSA) is 0 Å². The molecule has 0 aliphatic carbocycles. The Labute approximate surface area is 195 Å². The summed E-state index contributed by atoms with van der Waals surface area (Å²) < 4.78 is 2.36. The predicted molar refractivity (Wildman–Crippen MR) is 132 cm³/mol. The van der Waals surface area contributed by atoms with Crippen molar-refractivity contribution in [2.45, 2.75) is 52.4 Å². The molecule has 2 aromatic rings. The molecule has 0 bridgehead atoms. The first kappa shape index (κ1) is 25.6. The molecule has 0 unspecified atom stereocenters. The molecule has 2 aromatic heterocycles. The van der Waals surface area contributed by atoms with Crippen LogP contribution in [0.5, 0.6) is 0 Å². The molecule has 0 aromatic carbocycles. The van der Waals surface area contributed by atoms with Crippen LogP contribution < -0.4 is 9.00 Å². The highest BCUT2D eigenvalue weighted by atomic mass is 36.0. The average Bonchev–Trinajstić information content (AvgIpc) is 3.19. The first-order valence-electron chi connectivity index (χ1n) is 8.39. The first-order chi connectivity index (χ1) is 12.1. The Kier molecular flexibility index (Phi) is 12.1. The molecule has 0 aliphatic heterocycles. The molecule has 0 fully saturated rings. The zero-order valence-electron chi connectivity index (χ0n) is 14.6. The zero-order valence-corrected chi connectivity index (χ0v) is 22.8. The molecule has 0 atom stereocenters. The fourth-order valence-electron chi connectivity index (χ4n) is 2.19. The van der Waals surface area contributed by atoms with Gasteiger partial charge in [-0.05, 0) is 49.9 Å². The summed E-state index contributed by atoms with van der Waals surface area (Å²) in [4.78, 5) is 2.82. The van der Waals surface area contributed by atoms with Gasteiger partial charge in [0.25, 0.3) is 0 Å². The van der Waals surface area contributed by atoms with Crippen molar-refractivity contribution in [3.05, 3.63) is 34.0 Å². The Bertz CT molecular complexity index is 597. The third-order valence-electron chi connectivity index (χ3n) is 3.50. The SMILES string of the molecule is CCCCc1ccc([Si](Cl)(Cl)c2ccc(CCCC)s2)s1.Cl[Si](Cl)(Cl)Cl. The lowest BCUT2D eigenvalue weighted by Crippen LogP contribution is -2.45. The number of thiophene rings is 2. The average molecular weight is 547 g/mol. The van der Waals surface area contributed by atoms with Gasteiger partial charge in [-0.2, -0.15) is 0 Å². The summed E-state index contributed by atoms with van der Waals surface area (Å²) in [5.74, 6) is 0. The van der Waals surface area contributed by atoms with Gasteiger partial charge in [0.2, 0.25) is 0 Å². The molecule has 2 heterocycles. The van der Waals surface area contributed by atoms with Crippen LogP contribution in [0.4, 0.5) is 0 Å². The highest BCUT2D eigenvalue weighted by Gasteiger charge is 2.36. The minimum absolute atomic E-state index is 1.14. The maximum atomic E-state index is 6.81. The van der Waals surface area contributed by atoms with Gasteiger partial charge in [0, 0.05) is 18.8 Å². The summed E-state index contributed by atoms with van der Waals surface area (Å²) in [6.45, 7) is 1.93. The van der Waals surface area contributed by atoms with Crippen molar-refractivity contribution >= 4 is 110 Å². The molecular formula is C16H22Cl6S2Si2. The lowest BCUT2D eigenvalue weighted by molar-refractivity contribution is 0.804. The predicted octanol–water partition coefficient (Wildman–Crippen LogP) is 7.91. The number of aryl methyl sites for hydroxylation is 2. The van der Waals surface area contributed by atoms with E-state index in [0.29, 0.717) is 0 Å². The number of hydrogen-bond acceptors (Lipinski definition) is 2. The van der Waals surface area contributed by atoms with E-state index in [1.165, 1.54) is 44.4 Å². The Morgan fingerprint density at radius 2 is 1.04 bits per heavy atom. The normalized spacial score (nSPS) is 12.0. The Morgan fingerprint density at radius 3 is 1.35 bits per heavy atom. The summed E-state index contributed by atoms with van der Waals surface area (Å²) in [5.41, 5.74) is 0. The highest BCUT2D eigenvalue weighted by Crippen LogP contribution is 2.25. The zero-order chi connectivity index (χ0) is 19.8. The van der Waals surface area contributed by atoms with Crippen LogP contribution >= 0.6 is 89.1 Å². The summed E-state index contributed by atoms with van der Waals surface area (Å²) in [6, 6.07) is 8.70. The fraction of sp³-hybridized carbons (Fsp3) is 0.500. The van der Waals surface area contributed by atoms with Crippen LogP contribution in [-0.4, -0.2) is 12.0 Å². The minimum Gasteiger partial charge on any atom is -0.147 e. The summed E-state index contributed by atoms with van der Waals surface area (Å²) in [6.07, 6.45) is 7.21. The third kappa shape index (κ3) is 9.86. The highest BCUT2D eigenvalue weighted by molar-refractivity contribution is 7.81. The van der Waals surface area contributed by atoms with Crippen molar-refractivity contribution in [3.8, 4) is 0 Å². The van der Waals surface area contributed by atoms with E-state index < -0.39 is 12.0 Å². The van der Waals surface area contributed by atoms with Crippen LogP contribution in [0.25, 0.3) is 0 Å². The van der Waals surface area contributed by atoms with Crippen LogP contribution in [0.15, 0.2) is 24.3 Å². The van der Waals surface area contributed by atoms with Crippen molar-refractivity contribution in [3.63, 3.8) is 0 Å². The van der Waals surface area contributed by atoms with Crippen molar-refractivity contribution in [2.75, 3.05) is 0 Å². The van der Waals surface area contributed by atoms with Crippen molar-refractivity contribution in [1.82, 2.24) is 0 Å². The van der Waals surface area contributed by atoms with Gasteiger partial charge in [-0.1, -0.05) is 26.7 Å². The van der Waals surface area contributed by atoms with Crippen LogP contribution in [0.3, 0.4) is 0 Å². The molecular weight excluding hydrogens is 525 g/mol. The molecule has 0 saturated heterocycles. The maximum absolute atomic E-state index is 6.81. The van der Waals surface area contributed by atoms with Gasteiger partial charge in [0.05, 0.1) is 0 Å². The van der Waals surface area contributed by atoms with E-state index in [-0.39, 0.29) is 0 Å². The van der Waals surface area contributed by atoms with Crippen LogP contribution in [0.1, 0.15) is 49.3 Å². The van der Waals surface area contributed by atoms with Gasteiger partial charge in [-0.3, -0.25) is 0 Å². The molecule has 0 N–H and O–H groups in total. The molecule has 0 amide bonds. The molecule has 2 rings (SSSR count). The second kappa shape index (κ2) is 12.3. The van der Waals surface area contributed by atoms with Gasteiger partial charge >= 0.3 is 12.0 Å². The third-order valence-corrected chi connectivity index (χ3v) is 13.2. The molecule has 10 heteroatoms. The van der Waals surface area contributed by atoms with Gasteiger partial charge in [-0.25, -0.2) is 0 Å². The van der Waals surface area contributed by atoms with E-state index >= 15 is 0 Å². The van der Waals surface area contributed by atoms with Crippen LogP contribution in [0, 0.1) is 0 Å². The van der Waals surface area contributed by atoms with Gasteiger partial charge in [-0.15, -0.1) is 89.1 Å². The second-order valence-corrected chi connectivity index (χ2v) is 26.2. The van der Waals surface area contributed by atoms with E-state index in [2.05, 4.69) is 38.1 Å². The standard InChI is InChI=1S/C16H22Cl2S2Si.Cl4Si/c1-3-5-7-13-9-11-15(19-13)21(17,18)16-12-10-14(20-16)8-6-4-2;1-5(2,3)4/h9-12H,3-8H2,1-2H3;. The molecule has 0 aliphatic rings. The molecule has 0 saturated carbocycles. The number of rotatable bonds is 8. The summed E-state index contributed by atoms with van der Waals surface area (Å²) >= 11 is 37.1. The fourth-order valence-corrected chi connectivity index (χ4v) is 9.43. The van der Waals surface area contributed by atoms with E-state index in [9.17, 15) is 0 Å². The molecule has 0 spiro atoms. The summed E-state index contributed by atoms with van der Waals surface area (Å²) in [7, 11) is 0. The van der Waals surface area contributed by atoms with E-state index in [1.807, 2.05) is 0 Å². The Morgan fingerprint density at radius 1 is 0.692 bits per heavy atom. The maximum Gasteiger partial charge on any atom is 0.440 e. The molecule has 26 heavy (non-hydrogen) atoms. The lowest BCUT2D eigenvalue weighted by atomic mass is 10.2. The van der Waals surface area contributed by atoms with E-state index in [0.717, 1.165) is 12.8 Å². The van der Waals surface area contributed by atoms with Crippen molar-refractivity contribution in [2.24, 2.45) is 0 Å². The smallest absolute Gasteiger partial charge is 0.147 e. The lowest BCUT2D eigenvalue weighted by Gasteiger charge is -2.12. The van der Waals surface area contributed by atoms with Gasteiger partial charge in [0.15, 0.2) is 0 Å². The van der Waals surface area contributed by atoms with Gasteiger partial charge in [0.1, 0.15) is 0 Å². The minimum atomic E-state index is -2.72. The van der Waals surface area contributed by atoms with Crippen molar-refractivity contribution in [1.29, 1.82) is 0 Å². The Hall–Kier alpha value is 1.57.